The Morgan fingerprint density at radius 2 is 2.33 bits per heavy atom. The predicted octanol–water partition coefficient (Wildman–Crippen LogP) is 2.16. The van der Waals surface area contributed by atoms with Gasteiger partial charge in [-0.25, -0.2) is 0 Å². The number of carbonyl (C=O) groups excluding carboxylic acids is 1. The SMILES string of the molecule is COCCNCc1cc2c(C=O)c(O)ccc2s1. The lowest BCUT2D eigenvalue weighted by Crippen LogP contribution is -2.17. The molecule has 0 unspecified atom stereocenters. The maximum atomic E-state index is 11.0. The van der Waals surface area contributed by atoms with Crippen molar-refractivity contribution in [3.8, 4) is 5.75 Å². The van der Waals surface area contributed by atoms with Crippen LogP contribution in [0.5, 0.6) is 5.75 Å². The molecule has 96 valence electrons. The molecule has 1 heterocycles. The molecule has 0 amide bonds. The summed E-state index contributed by atoms with van der Waals surface area (Å²) in [5, 5.41) is 13.7. The van der Waals surface area contributed by atoms with Crippen LogP contribution in [0.2, 0.25) is 0 Å². The number of hydrogen-bond acceptors (Lipinski definition) is 5. The summed E-state index contributed by atoms with van der Waals surface area (Å²) in [4.78, 5) is 12.1. The van der Waals surface area contributed by atoms with E-state index < -0.39 is 0 Å². The topological polar surface area (TPSA) is 58.6 Å². The first-order valence-electron chi connectivity index (χ1n) is 5.65. The van der Waals surface area contributed by atoms with E-state index >= 15 is 0 Å². The van der Waals surface area contributed by atoms with Gasteiger partial charge < -0.3 is 15.2 Å². The third-order valence-electron chi connectivity index (χ3n) is 2.67. The van der Waals surface area contributed by atoms with Crippen molar-refractivity contribution in [3.63, 3.8) is 0 Å². The predicted molar refractivity (Wildman–Crippen MR) is 72.5 cm³/mol. The van der Waals surface area contributed by atoms with Gasteiger partial charge >= 0.3 is 0 Å². The maximum absolute atomic E-state index is 11.0. The minimum Gasteiger partial charge on any atom is -0.507 e. The van der Waals surface area contributed by atoms with Gasteiger partial charge in [-0.2, -0.15) is 0 Å². The Balaban J connectivity index is 2.19. The van der Waals surface area contributed by atoms with E-state index in [4.69, 9.17) is 4.74 Å². The maximum Gasteiger partial charge on any atom is 0.154 e. The van der Waals surface area contributed by atoms with Crippen molar-refractivity contribution in [2.45, 2.75) is 6.54 Å². The van der Waals surface area contributed by atoms with Crippen LogP contribution in [0.3, 0.4) is 0 Å². The highest BCUT2D eigenvalue weighted by Crippen LogP contribution is 2.32. The Labute approximate surface area is 109 Å². The van der Waals surface area contributed by atoms with Crippen LogP contribution in [0.1, 0.15) is 15.2 Å². The van der Waals surface area contributed by atoms with Gasteiger partial charge in [0.15, 0.2) is 6.29 Å². The molecule has 2 aromatic rings. The van der Waals surface area contributed by atoms with Crippen molar-refractivity contribution < 1.29 is 14.6 Å². The molecule has 5 heteroatoms. The summed E-state index contributed by atoms with van der Waals surface area (Å²) < 4.78 is 5.96. The van der Waals surface area contributed by atoms with Crippen molar-refractivity contribution in [2.24, 2.45) is 0 Å². The molecule has 0 spiro atoms. The van der Waals surface area contributed by atoms with Crippen molar-refractivity contribution in [1.29, 1.82) is 0 Å². The fraction of sp³-hybridized carbons (Fsp3) is 0.308. The van der Waals surface area contributed by atoms with Gasteiger partial charge in [0.25, 0.3) is 0 Å². The standard InChI is InChI=1S/C13H15NO3S/c1-17-5-4-14-7-9-6-10-11(8-15)12(16)2-3-13(10)18-9/h2-3,6,8,14,16H,4-5,7H2,1H3. The Kier molecular flexibility index (Phi) is 4.30. The molecular formula is C13H15NO3S. The largest absolute Gasteiger partial charge is 0.507 e. The molecular weight excluding hydrogens is 250 g/mol. The van der Waals surface area contributed by atoms with E-state index in [-0.39, 0.29) is 5.75 Å². The second-order valence-electron chi connectivity index (χ2n) is 3.91. The fourth-order valence-corrected chi connectivity index (χ4v) is 2.82. The quantitative estimate of drug-likeness (QED) is 0.620. The van der Waals surface area contributed by atoms with Crippen molar-refractivity contribution in [3.05, 3.63) is 28.6 Å². The lowest BCUT2D eigenvalue weighted by Gasteiger charge is -2.00. The molecule has 0 saturated carbocycles. The van der Waals surface area contributed by atoms with Crippen LogP contribution in [-0.2, 0) is 11.3 Å². The number of hydrogen-bond donors (Lipinski definition) is 2. The summed E-state index contributed by atoms with van der Waals surface area (Å²) in [5.74, 6) is 0.0363. The molecule has 1 aromatic heterocycles. The molecule has 0 aliphatic carbocycles. The number of aldehydes is 1. The number of thiophene rings is 1. The Bertz CT molecular complexity index is 550. The lowest BCUT2D eigenvalue weighted by molar-refractivity contribution is 0.112. The molecule has 2 rings (SSSR count). The van der Waals surface area contributed by atoms with Crippen LogP contribution in [0.25, 0.3) is 10.1 Å². The van der Waals surface area contributed by atoms with Crippen LogP contribution >= 0.6 is 11.3 Å². The summed E-state index contributed by atoms with van der Waals surface area (Å²) >= 11 is 1.62. The van der Waals surface area contributed by atoms with Crippen LogP contribution in [0, 0.1) is 0 Å². The molecule has 0 fully saturated rings. The molecule has 4 nitrogen and oxygen atoms in total. The molecule has 0 aliphatic rings. The van der Waals surface area contributed by atoms with Crippen LogP contribution in [0.15, 0.2) is 18.2 Å². The van der Waals surface area contributed by atoms with Gasteiger partial charge in [0.2, 0.25) is 0 Å². The zero-order valence-corrected chi connectivity index (χ0v) is 10.9. The number of fused-ring (bicyclic) bond motifs is 1. The van der Waals surface area contributed by atoms with Crippen LogP contribution in [0.4, 0.5) is 0 Å². The summed E-state index contributed by atoms with van der Waals surface area (Å²) in [6.07, 6.45) is 0.701. The minimum atomic E-state index is 0.0363. The van der Waals surface area contributed by atoms with Gasteiger partial charge in [0.1, 0.15) is 5.75 Å². The van der Waals surface area contributed by atoms with Gasteiger partial charge in [-0.3, -0.25) is 4.79 Å². The fourth-order valence-electron chi connectivity index (χ4n) is 1.77. The number of benzene rings is 1. The molecule has 1 aromatic carbocycles. The number of nitrogens with one attached hydrogen (secondary N) is 1. The number of phenols is 1. The number of rotatable bonds is 6. The second-order valence-corrected chi connectivity index (χ2v) is 5.08. The monoisotopic (exact) mass is 265 g/mol. The van der Waals surface area contributed by atoms with Gasteiger partial charge in [0, 0.05) is 35.2 Å². The second kappa shape index (κ2) is 5.95. The van der Waals surface area contributed by atoms with E-state index in [1.807, 2.05) is 12.1 Å². The zero-order valence-electron chi connectivity index (χ0n) is 10.1. The van der Waals surface area contributed by atoms with Crippen LogP contribution in [-0.4, -0.2) is 31.7 Å². The molecule has 0 radical (unpaired) electrons. The molecule has 2 N–H and O–H groups in total. The number of ether oxygens (including phenoxy) is 1. The van der Waals surface area contributed by atoms with Crippen molar-refractivity contribution in [1.82, 2.24) is 5.32 Å². The van der Waals surface area contributed by atoms with E-state index in [0.29, 0.717) is 18.5 Å². The summed E-state index contributed by atoms with van der Waals surface area (Å²) in [6.45, 7) is 2.20. The van der Waals surface area contributed by atoms with Gasteiger partial charge in [-0.05, 0) is 18.2 Å². The van der Waals surface area contributed by atoms with Crippen molar-refractivity contribution >= 4 is 27.7 Å². The first-order valence-corrected chi connectivity index (χ1v) is 6.47. The third-order valence-corrected chi connectivity index (χ3v) is 3.77. The van der Waals surface area contributed by atoms with E-state index in [2.05, 4.69) is 5.32 Å². The molecule has 0 bridgehead atoms. The van der Waals surface area contributed by atoms with Crippen LogP contribution < -0.4 is 5.32 Å². The number of phenolic OH excluding ortho intramolecular Hbond substituents is 1. The van der Waals surface area contributed by atoms with Gasteiger partial charge in [-0.15, -0.1) is 11.3 Å². The highest BCUT2D eigenvalue weighted by molar-refractivity contribution is 7.19. The van der Waals surface area contributed by atoms with E-state index in [1.165, 1.54) is 0 Å². The summed E-state index contributed by atoms with van der Waals surface area (Å²) in [7, 11) is 1.67. The molecule has 0 aliphatic heterocycles. The Morgan fingerprint density at radius 3 is 3.06 bits per heavy atom. The summed E-state index contributed by atoms with van der Waals surface area (Å²) in [5.41, 5.74) is 0.367. The average Bonchev–Trinajstić information content (AvgIpc) is 2.77. The number of aromatic hydroxyl groups is 1. The van der Waals surface area contributed by atoms with E-state index in [9.17, 15) is 9.90 Å². The van der Waals surface area contributed by atoms with Gasteiger partial charge in [0.05, 0.1) is 12.2 Å². The number of carbonyl (C=O) groups is 1. The van der Waals surface area contributed by atoms with Crippen molar-refractivity contribution in [2.75, 3.05) is 20.3 Å². The Hall–Kier alpha value is -1.43. The third kappa shape index (κ3) is 2.69. The average molecular weight is 265 g/mol. The highest BCUT2D eigenvalue weighted by Gasteiger charge is 2.09. The Morgan fingerprint density at radius 1 is 1.50 bits per heavy atom. The minimum absolute atomic E-state index is 0.0363. The normalized spacial score (nSPS) is 10.9. The zero-order chi connectivity index (χ0) is 13.0. The first-order chi connectivity index (χ1) is 8.76. The lowest BCUT2D eigenvalue weighted by atomic mass is 10.1. The smallest absolute Gasteiger partial charge is 0.154 e. The summed E-state index contributed by atoms with van der Waals surface area (Å²) in [6, 6.07) is 5.34. The molecule has 0 saturated heterocycles. The van der Waals surface area contributed by atoms with E-state index in [1.54, 1.807) is 24.5 Å². The number of methoxy groups -OCH3 is 1. The first kappa shape index (κ1) is 13.0. The van der Waals surface area contributed by atoms with E-state index in [0.717, 1.165) is 28.1 Å². The molecule has 18 heavy (non-hydrogen) atoms. The highest BCUT2D eigenvalue weighted by atomic mass is 32.1. The van der Waals surface area contributed by atoms with Gasteiger partial charge in [-0.1, -0.05) is 0 Å². The molecule has 0 atom stereocenters.